The van der Waals surface area contributed by atoms with Crippen LogP contribution in [0.4, 0.5) is 0 Å². The number of oxime groups is 1. The Bertz CT molecular complexity index is 617. The summed E-state index contributed by atoms with van der Waals surface area (Å²) in [5.74, 6) is -0.0453. The molecule has 2 heterocycles. The molecular formula is C11H10BrN5OS. The minimum Gasteiger partial charge on any atom is -0.409 e. The quantitative estimate of drug-likeness (QED) is 0.292. The highest BCUT2D eigenvalue weighted by molar-refractivity contribution is 9.10. The van der Waals surface area contributed by atoms with Crippen LogP contribution >= 0.6 is 27.7 Å². The number of aryl methyl sites for hydroxylation is 1. The molecule has 98 valence electrons. The molecule has 0 radical (unpaired) electrons. The molecule has 2 rings (SSSR count). The van der Waals surface area contributed by atoms with E-state index >= 15 is 0 Å². The lowest BCUT2D eigenvalue weighted by Gasteiger charge is -2.04. The maximum atomic E-state index is 8.67. The maximum Gasteiger partial charge on any atom is 0.194 e. The molecule has 0 saturated heterocycles. The van der Waals surface area contributed by atoms with Crippen LogP contribution in [0.15, 0.2) is 44.2 Å². The topological polar surface area (TPSA) is 97.3 Å². The Kier molecular flexibility index (Phi) is 4.33. The molecule has 0 amide bonds. The molecule has 3 N–H and O–H groups in total. The van der Waals surface area contributed by atoms with Gasteiger partial charge in [0.15, 0.2) is 11.0 Å². The molecule has 0 aliphatic rings. The number of rotatable bonds is 3. The SMILES string of the molecule is Cc1cc(/C(N)=N/O)nc(Sc2ccc(Br)cn2)n1. The van der Waals surface area contributed by atoms with Crippen LogP contribution in [0.5, 0.6) is 0 Å². The molecule has 0 bridgehead atoms. The standard InChI is InChI=1S/C11H10BrN5OS/c1-6-4-8(10(13)17-18)16-11(15-6)19-9-3-2-7(12)5-14-9/h2-5,18H,1H3,(H2,13,17). The van der Waals surface area contributed by atoms with Crippen molar-refractivity contribution in [1.82, 2.24) is 15.0 Å². The molecule has 0 aliphatic heterocycles. The van der Waals surface area contributed by atoms with E-state index in [9.17, 15) is 0 Å². The van der Waals surface area contributed by atoms with E-state index in [1.54, 1.807) is 12.3 Å². The second-order valence-corrected chi connectivity index (χ2v) is 5.48. The average Bonchev–Trinajstić information content (AvgIpc) is 2.40. The summed E-state index contributed by atoms with van der Waals surface area (Å²) in [6, 6.07) is 5.38. The van der Waals surface area contributed by atoms with Gasteiger partial charge < -0.3 is 10.9 Å². The summed E-state index contributed by atoms with van der Waals surface area (Å²) in [5, 5.41) is 12.9. The van der Waals surface area contributed by atoms with E-state index in [2.05, 4.69) is 36.0 Å². The summed E-state index contributed by atoms with van der Waals surface area (Å²) < 4.78 is 0.902. The van der Waals surface area contributed by atoms with Gasteiger partial charge in [0.05, 0.1) is 0 Å². The van der Waals surface area contributed by atoms with Crippen LogP contribution in [0.3, 0.4) is 0 Å². The second-order valence-electron chi connectivity index (χ2n) is 3.58. The summed E-state index contributed by atoms with van der Waals surface area (Å²) in [4.78, 5) is 12.7. The Labute approximate surface area is 122 Å². The van der Waals surface area contributed by atoms with Crippen molar-refractivity contribution in [2.45, 2.75) is 17.1 Å². The summed E-state index contributed by atoms with van der Waals surface area (Å²) in [5.41, 5.74) is 6.64. The van der Waals surface area contributed by atoms with Crippen molar-refractivity contribution in [1.29, 1.82) is 0 Å². The van der Waals surface area contributed by atoms with Crippen LogP contribution in [0, 0.1) is 6.92 Å². The zero-order valence-corrected chi connectivity index (χ0v) is 12.3. The molecule has 0 atom stereocenters. The van der Waals surface area contributed by atoms with Gasteiger partial charge in [-0.25, -0.2) is 15.0 Å². The molecule has 8 heteroatoms. The first-order valence-electron chi connectivity index (χ1n) is 5.21. The van der Waals surface area contributed by atoms with Gasteiger partial charge in [-0.1, -0.05) is 5.16 Å². The van der Waals surface area contributed by atoms with Crippen molar-refractivity contribution in [3.63, 3.8) is 0 Å². The molecule has 0 aromatic carbocycles. The molecular weight excluding hydrogens is 330 g/mol. The van der Waals surface area contributed by atoms with Gasteiger partial charge in [0.2, 0.25) is 0 Å². The minimum atomic E-state index is -0.0453. The second kappa shape index (κ2) is 5.98. The predicted octanol–water partition coefficient (Wildman–Crippen LogP) is 2.19. The number of amidine groups is 1. The first kappa shape index (κ1) is 13.8. The molecule has 0 fully saturated rings. The summed E-state index contributed by atoms with van der Waals surface area (Å²) in [6.07, 6.45) is 1.70. The molecule has 0 aliphatic carbocycles. The van der Waals surface area contributed by atoms with Gasteiger partial charge in [-0.05, 0) is 52.8 Å². The number of hydrogen-bond donors (Lipinski definition) is 2. The molecule has 6 nitrogen and oxygen atoms in total. The molecule has 0 unspecified atom stereocenters. The van der Waals surface area contributed by atoms with Crippen molar-refractivity contribution in [3.8, 4) is 0 Å². The summed E-state index contributed by atoms with van der Waals surface area (Å²) in [7, 11) is 0. The number of hydrogen-bond acceptors (Lipinski definition) is 6. The van der Waals surface area contributed by atoms with Gasteiger partial charge in [-0.3, -0.25) is 0 Å². The van der Waals surface area contributed by atoms with Gasteiger partial charge in [0.25, 0.3) is 0 Å². The van der Waals surface area contributed by atoms with Crippen molar-refractivity contribution in [2.75, 3.05) is 0 Å². The number of pyridine rings is 1. The van der Waals surface area contributed by atoms with Crippen molar-refractivity contribution in [2.24, 2.45) is 10.9 Å². The number of halogens is 1. The van der Waals surface area contributed by atoms with E-state index in [1.807, 2.05) is 19.1 Å². The fourth-order valence-electron chi connectivity index (χ4n) is 1.29. The monoisotopic (exact) mass is 339 g/mol. The lowest BCUT2D eigenvalue weighted by Crippen LogP contribution is -2.16. The van der Waals surface area contributed by atoms with Gasteiger partial charge in [0, 0.05) is 16.4 Å². The minimum absolute atomic E-state index is 0.0453. The smallest absolute Gasteiger partial charge is 0.194 e. The average molecular weight is 340 g/mol. The number of nitrogens with zero attached hydrogens (tertiary/aromatic N) is 4. The van der Waals surface area contributed by atoms with E-state index in [0.29, 0.717) is 10.9 Å². The fraction of sp³-hybridized carbons (Fsp3) is 0.0909. The van der Waals surface area contributed by atoms with Crippen LogP contribution in [0.2, 0.25) is 0 Å². The molecule has 0 spiro atoms. The molecule has 2 aromatic rings. The Morgan fingerprint density at radius 1 is 1.42 bits per heavy atom. The van der Waals surface area contributed by atoms with E-state index in [1.165, 1.54) is 11.8 Å². The highest BCUT2D eigenvalue weighted by Gasteiger charge is 2.08. The lowest BCUT2D eigenvalue weighted by molar-refractivity contribution is 0.318. The Hall–Kier alpha value is -1.67. The lowest BCUT2D eigenvalue weighted by atomic mass is 10.3. The highest BCUT2D eigenvalue weighted by atomic mass is 79.9. The van der Waals surface area contributed by atoms with Gasteiger partial charge in [-0.15, -0.1) is 0 Å². The third kappa shape index (κ3) is 3.65. The van der Waals surface area contributed by atoms with Gasteiger partial charge >= 0.3 is 0 Å². The first-order chi connectivity index (χ1) is 9.08. The van der Waals surface area contributed by atoms with Gasteiger partial charge in [-0.2, -0.15) is 0 Å². The summed E-state index contributed by atoms with van der Waals surface area (Å²) in [6.45, 7) is 1.81. The molecule has 19 heavy (non-hydrogen) atoms. The van der Waals surface area contributed by atoms with E-state index in [0.717, 1.165) is 15.2 Å². The maximum absolute atomic E-state index is 8.67. The van der Waals surface area contributed by atoms with Crippen molar-refractivity contribution < 1.29 is 5.21 Å². The number of nitrogens with two attached hydrogens (primary N) is 1. The largest absolute Gasteiger partial charge is 0.409 e. The third-order valence-electron chi connectivity index (χ3n) is 2.10. The summed E-state index contributed by atoms with van der Waals surface area (Å²) >= 11 is 4.63. The van der Waals surface area contributed by atoms with E-state index in [4.69, 9.17) is 10.9 Å². The van der Waals surface area contributed by atoms with Crippen LogP contribution < -0.4 is 5.73 Å². The fourth-order valence-corrected chi connectivity index (χ4v) is 2.28. The zero-order valence-electron chi connectivity index (χ0n) is 9.91. The molecule has 2 aromatic heterocycles. The Morgan fingerprint density at radius 2 is 2.21 bits per heavy atom. The van der Waals surface area contributed by atoms with Crippen LogP contribution in [-0.2, 0) is 0 Å². The van der Waals surface area contributed by atoms with Gasteiger partial charge in [0.1, 0.15) is 10.7 Å². The Balaban J connectivity index is 2.30. The zero-order chi connectivity index (χ0) is 13.8. The van der Waals surface area contributed by atoms with Crippen LogP contribution in [0.1, 0.15) is 11.4 Å². The molecule has 0 saturated carbocycles. The first-order valence-corrected chi connectivity index (χ1v) is 6.82. The van der Waals surface area contributed by atoms with Crippen molar-refractivity contribution in [3.05, 3.63) is 40.3 Å². The number of aromatic nitrogens is 3. The normalized spacial score (nSPS) is 11.6. The highest BCUT2D eigenvalue weighted by Crippen LogP contribution is 2.24. The van der Waals surface area contributed by atoms with E-state index in [-0.39, 0.29) is 5.84 Å². The van der Waals surface area contributed by atoms with Crippen LogP contribution in [0.25, 0.3) is 0 Å². The van der Waals surface area contributed by atoms with Crippen LogP contribution in [-0.4, -0.2) is 26.0 Å². The van der Waals surface area contributed by atoms with Crippen molar-refractivity contribution >= 4 is 33.5 Å². The van der Waals surface area contributed by atoms with E-state index < -0.39 is 0 Å². The predicted molar refractivity (Wildman–Crippen MR) is 75.3 cm³/mol. The third-order valence-corrected chi connectivity index (χ3v) is 3.38. The Morgan fingerprint density at radius 3 is 2.84 bits per heavy atom.